The number of Topliss-reactive ketones (excluding diaryl/α,β-unsaturated/α-hetero) is 1. The summed E-state index contributed by atoms with van der Waals surface area (Å²) in [5, 5.41) is 4.37. The first-order chi connectivity index (χ1) is 9.58. The van der Waals surface area contributed by atoms with Crippen LogP contribution < -0.4 is 0 Å². The van der Waals surface area contributed by atoms with E-state index >= 15 is 0 Å². The van der Waals surface area contributed by atoms with Gasteiger partial charge >= 0.3 is 0 Å². The molecule has 106 valence electrons. The molecule has 0 saturated heterocycles. The van der Waals surface area contributed by atoms with E-state index in [1.54, 1.807) is 11.8 Å². The van der Waals surface area contributed by atoms with Crippen molar-refractivity contribution in [1.29, 1.82) is 0 Å². The molecule has 0 unspecified atom stereocenters. The quantitative estimate of drug-likeness (QED) is 0.764. The third kappa shape index (κ3) is 3.97. The third-order valence-electron chi connectivity index (χ3n) is 3.08. The summed E-state index contributed by atoms with van der Waals surface area (Å²) in [6.07, 6.45) is 0.466. The van der Waals surface area contributed by atoms with Crippen molar-refractivity contribution in [2.45, 2.75) is 38.6 Å². The van der Waals surface area contributed by atoms with Gasteiger partial charge in [-0.2, -0.15) is 5.10 Å². The zero-order valence-corrected chi connectivity index (χ0v) is 13.0. The molecule has 0 atom stereocenters. The largest absolute Gasteiger partial charge is 0.298 e. The van der Waals surface area contributed by atoms with Crippen LogP contribution in [-0.4, -0.2) is 21.3 Å². The Morgan fingerprint density at radius 3 is 2.60 bits per heavy atom. The van der Waals surface area contributed by atoms with Crippen LogP contribution in [0.2, 0.25) is 0 Å². The van der Waals surface area contributed by atoms with Gasteiger partial charge in [0, 0.05) is 23.6 Å². The number of ketones is 1. The lowest BCUT2D eigenvalue weighted by Gasteiger charge is -2.04. The van der Waals surface area contributed by atoms with E-state index in [9.17, 15) is 4.79 Å². The Morgan fingerprint density at radius 1 is 1.25 bits per heavy atom. The molecule has 0 aliphatic carbocycles. The van der Waals surface area contributed by atoms with Crippen molar-refractivity contribution in [3.05, 3.63) is 47.3 Å². The van der Waals surface area contributed by atoms with Gasteiger partial charge in [0.2, 0.25) is 0 Å². The summed E-state index contributed by atoms with van der Waals surface area (Å²) >= 11 is 1.60. The van der Waals surface area contributed by atoms with E-state index in [0.717, 1.165) is 22.8 Å². The number of hydrogen-bond acceptors (Lipinski definition) is 3. The smallest absolute Gasteiger partial charge is 0.149 e. The predicted molar refractivity (Wildman–Crippen MR) is 83.3 cm³/mol. The van der Waals surface area contributed by atoms with E-state index in [1.165, 1.54) is 5.56 Å². The average Bonchev–Trinajstić information content (AvgIpc) is 2.78. The van der Waals surface area contributed by atoms with Gasteiger partial charge in [-0.3, -0.25) is 9.48 Å². The fourth-order valence-corrected chi connectivity index (χ4v) is 2.82. The topological polar surface area (TPSA) is 34.9 Å². The van der Waals surface area contributed by atoms with Gasteiger partial charge in [0.05, 0.1) is 11.4 Å². The summed E-state index contributed by atoms with van der Waals surface area (Å²) in [4.78, 5) is 13.2. The number of carbonyl (C=O) groups excluding carboxylic acids is 1. The number of thioether (sulfide) groups is 1. The van der Waals surface area contributed by atoms with Crippen LogP contribution >= 0.6 is 11.8 Å². The summed E-state index contributed by atoms with van der Waals surface area (Å²) in [5.74, 6) is 0.752. The Morgan fingerprint density at radius 2 is 1.95 bits per heavy atom. The van der Waals surface area contributed by atoms with Crippen molar-refractivity contribution in [3.8, 4) is 0 Å². The highest BCUT2D eigenvalue weighted by atomic mass is 32.2. The number of aryl methyl sites for hydroxylation is 3. The van der Waals surface area contributed by atoms with Gasteiger partial charge in [0.1, 0.15) is 5.78 Å². The van der Waals surface area contributed by atoms with Crippen molar-refractivity contribution in [3.63, 3.8) is 0 Å². The van der Waals surface area contributed by atoms with Crippen LogP contribution in [0.4, 0.5) is 0 Å². The SMILES string of the molecule is CCn1nc(C)cc1CC(=O)CSc1ccc(C)cc1. The number of aromatic nitrogens is 2. The fraction of sp³-hybridized carbons (Fsp3) is 0.375. The Hall–Kier alpha value is -1.55. The molecule has 0 amide bonds. The maximum Gasteiger partial charge on any atom is 0.149 e. The molecular weight excluding hydrogens is 268 g/mol. The summed E-state index contributed by atoms with van der Waals surface area (Å²) in [5.41, 5.74) is 3.23. The second-order valence-electron chi connectivity index (χ2n) is 4.91. The summed E-state index contributed by atoms with van der Waals surface area (Å²) < 4.78 is 1.91. The van der Waals surface area contributed by atoms with Gasteiger partial charge in [-0.25, -0.2) is 0 Å². The van der Waals surface area contributed by atoms with E-state index in [1.807, 2.05) is 24.6 Å². The average molecular weight is 288 g/mol. The Balaban J connectivity index is 1.90. The minimum atomic E-state index is 0.241. The van der Waals surface area contributed by atoms with E-state index in [2.05, 4.69) is 36.3 Å². The molecule has 2 aromatic rings. The fourth-order valence-electron chi connectivity index (χ4n) is 2.07. The third-order valence-corrected chi connectivity index (χ3v) is 4.16. The normalized spacial score (nSPS) is 10.8. The lowest BCUT2D eigenvalue weighted by molar-refractivity contribution is -0.116. The van der Waals surface area contributed by atoms with E-state index in [4.69, 9.17) is 0 Å². The molecule has 3 nitrogen and oxygen atoms in total. The molecule has 1 aromatic carbocycles. The van der Waals surface area contributed by atoms with Crippen molar-refractivity contribution in [2.24, 2.45) is 0 Å². The molecule has 1 heterocycles. The molecule has 0 N–H and O–H groups in total. The zero-order chi connectivity index (χ0) is 14.5. The van der Waals surface area contributed by atoms with Gasteiger partial charge in [-0.05, 0) is 39.0 Å². The summed E-state index contributed by atoms with van der Waals surface area (Å²) in [7, 11) is 0. The second kappa shape index (κ2) is 6.75. The van der Waals surface area contributed by atoms with Crippen LogP contribution in [0.25, 0.3) is 0 Å². The number of benzene rings is 1. The molecule has 0 radical (unpaired) electrons. The summed E-state index contributed by atoms with van der Waals surface area (Å²) in [6, 6.07) is 10.3. The molecule has 0 bridgehead atoms. The second-order valence-corrected chi connectivity index (χ2v) is 5.96. The Bertz CT molecular complexity index is 587. The standard InChI is InChI=1S/C16H20N2OS/c1-4-18-14(9-13(3)17-18)10-15(19)11-20-16-7-5-12(2)6-8-16/h5-9H,4,10-11H2,1-3H3. The highest BCUT2D eigenvalue weighted by Gasteiger charge is 2.10. The minimum Gasteiger partial charge on any atom is -0.298 e. The van der Waals surface area contributed by atoms with E-state index < -0.39 is 0 Å². The summed E-state index contributed by atoms with van der Waals surface area (Å²) in [6.45, 7) is 6.87. The van der Waals surface area contributed by atoms with Gasteiger partial charge in [0.15, 0.2) is 0 Å². The molecule has 0 saturated carbocycles. The van der Waals surface area contributed by atoms with Crippen molar-refractivity contribution < 1.29 is 4.79 Å². The molecule has 1 aromatic heterocycles. The maximum atomic E-state index is 12.1. The van der Waals surface area contributed by atoms with Crippen molar-refractivity contribution in [1.82, 2.24) is 9.78 Å². The zero-order valence-electron chi connectivity index (χ0n) is 12.2. The number of hydrogen-bond donors (Lipinski definition) is 0. The molecule has 0 aliphatic heterocycles. The van der Waals surface area contributed by atoms with Gasteiger partial charge in [0.25, 0.3) is 0 Å². The number of rotatable bonds is 6. The van der Waals surface area contributed by atoms with Crippen LogP contribution in [0, 0.1) is 13.8 Å². The van der Waals surface area contributed by atoms with Crippen LogP contribution in [0.1, 0.15) is 23.9 Å². The minimum absolute atomic E-state index is 0.241. The van der Waals surface area contributed by atoms with Crippen LogP contribution in [0.3, 0.4) is 0 Å². The van der Waals surface area contributed by atoms with E-state index in [0.29, 0.717) is 12.2 Å². The highest BCUT2D eigenvalue weighted by molar-refractivity contribution is 8.00. The first-order valence-electron chi connectivity index (χ1n) is 6.83. The monoisotopic (exact) mass is 288 g/mol. The number of carbonyl (C=O) groups is 1. The van der Waals surface area contributed by atoms with Gasteiger partial charge in [-0.1, -0.05) is 17.7 Å². The van der Waals surface area contributed by atoms with Gasteiger partial charge < -0.3 is 0 Å². The first kappa shape index (κ1) is 14.9. The molecule has 0 fully saturated rings. The lowest BCUT2D eigenvalue weighted by atomic mass is 10.2. The predicted octanol–water partition coefficient (Wildman–Crippen LogP) is 3.42. The lowest BCUT2D eigenvalue weighted by Crippen LogP contribution is -2.11. The molecule has 0 aliphatic rings. The van der Waals surface area contributed by atoms with Crippen LogP contribution in [0.15, 0.2) is 35.2 Å². The molecular formula is C16H20N2OS. The first-order valence-corrected chi connectivity index (χ1v) is 7.81. The Kier molecular flexibility index (Phi) is 5.01. The molecule has 4 heteroatoms. The van der Waals surface area contributed by atoms with Crippen molar-refractivity contribution in [2.75, 3.05) is 5.75 Å². The molecule has 0 spiro atoms. The van der Waals surface area contributed by atoms with Gasteiger partial charge in [-0.15, -0.1) is 11.8 Å². The highest BCUT2D eigenvalue weighted by Crippen LogP contribution is 2.19. The number of nitrogens with zero attached hydrogens (tertiary/aromatic N) is 2. The van der Waals surface area contributed by atoms with Crippen LogP contribution in [0.5, 0.6) is 0 Å². The van der Waals surface area contributed by atoms with Crippen LogP contribution in [-0.2, 0) is 17.8 Å². The van der Waals surface area contributed by atoms with Crippen molar-refractivity contribution >= 4 is 17.5 Å². The Labute approximate surface area is 124 Å². The van der Waals surface area contributed by atoms with E-state index in [-0.39, 0.29) is 5.78 Å². The maximum absolute atomic E-state index is 12.1. The molecule has 2 rings (SSSR count). The molecule has 20 heavy (non-hydrogen) atoms.